The molecule has 1 aliphatic rings. The van der Waals surface area contributed by atoms with E-state index in [1.807, 2.05) is 30.3 Å². The molecule has 0 bridgehead atoms. The van der Waals surface area contributed by atoms with Crippen molar-refractivity contribution in [3.8, 4) is 0 Å². The molecular formula is C11H10O2. The van der Waals surface area contributed by atoms with Crippen LogP contribution in [-0.4, -0.2) is 12.6 Å². The molecule has 1 heterocycles. The van der Waals surface area contributed by atoms with Crippen molar-refractivity contribution in [1.29, 1.82) is 0 Å². The Kier molecular flexibility index (Phi) is 1.89. The number of esters is 1. The van der Waals surface area contributed by atoms with Crippen LogP contribution in [0.1, 0.15) is 12.5 Å². The fourth-order valence-electron chi connectivity index (χ4n) is 1.42. The summed E-state index contributed by atoms with van der Waals surface area (Å²) in [4.78, 5) is 11.1. The minimum absolute atomic E-state index is 0.196. The van der Waals surface area contributed by atoms with E-state index in [1.54, 1.807) is 6.92 Å². The van der Waals surface area contributed by atoms with Gasteiger partial charge in [0.15, 0.2) is 0 Å². The Balaban J connectivity index is 2.43. The van der Waals surface area contributed by atoms with E-state index in [0.29, 0.717) is 6.61 Å². The Hall–Kier alpha value is -1.57. The van der Waals surface area contributed by atoms with Crippen LogP contribution in [0.5, 0.6) is 0 Å². The van der Waals surface area contributed by atoms with Gasteiger partial charge in [0.05, 0.1) is 0 Å². The van der Waals surface area contributed by atoms with Crippen LogP contribution in [0.3, 0.4) is 0 Å². The zero-order valence-electron chi connectivity index (χ0n) is 7.41. The van der Waals surface area contributed by atoms with Gasteiger partial charge in [-0.05, 0) is 12.5 Å². The minimum Gasteiger partial charge on any atom is -0.457 e. The average molecular weight is 174 g/mol. The number of hydrogen-bond donors (Lipinski definition) is 0. The van der Waals surface area contributed by atoms with Gasteiger partial charge >= 0.3 is 5.97 Å². The van der Waals surface area contributed by atoms with E-state index >= 15 is 0 Å². The van der Waals surface area contributed by atoms with Crippen molar-refractivity contribution in [2.75, 3.05) is 6.61 Å². The van der Waals surface area contributed by atoms with E-state index in [9.17, 15) is 4.79 Å². The van der Waals surface area contributed by atoms with Gasteiger partial charge in [-0.1, -0.05) is 30.3 Å². The first kappa shape index (κ1) is 8.05. The van der Waals surface area contributed by atoms with Crippen LogP contribution in [0, 0.1) is 0 Å². The molecule has 1 aromatic carbocycles. The lowest BCUT2D eigenvalue weighted by atomic mass is 10.0. The molecule has 0 aromatic heterocycles. The van der Waals surface area contributed by atoms with Gasteiger partial charge in [0, 0.05) is 11.1 Å². The third-order valence-corrected chi connectivity index (χ3v) is 2.23. The van der Waals surface area contributed by atoms with Crippen LogP contribution in [0.4, 0.5) is 0 Å². The number of rotatable bonds is 1. The highest BCUT2D eigenvalue weighted by Crippen LogP contribution is 2.24. The van der Waals surface area contributed by atoms with Crippen LogP contribution >= 0.6 is 0 Å². The number of cyclic esters (lactones) is 1. The van der Waals surface area contributed by atoms with Crippen molar-refractivity contribution >= 4 is 11.5 Å². The lowest BCUT2D eigenvalue weighted by Crippen LogP contribution is -1.94. The zero-order chi connectivity index (χ0) is 9.26. The van der Waals surface area contributed by atoms with E-state index in [2.05, 4.69) is 0 Å². The van der Waals surface area contributed by atoms with E-state index in [-0.39, 0.29) is 5.97 Å². The number of ether oxygens (including phenoxy) is 1. The second-order valence-corrected chi connectivity index (χ2v) is 3.05. The molecule has 0 saturated carbocycles. The summed E-state index contributed by atoms with van der Waals surface area (Å²) in [7, 11) is 0. The topological polar surface area (TPSA) is 26.3 Å². The molecule has 1 aliphatic heterocycles. The quantitative estimate of drug-likeness (QED) is 0.609. The molecule has 0 fully saturated rings. The maximum Gasteiger partial charge on any atom is 0.334 e. The standard InChI is InChI=1S/C11H10O2/c1-8-10(7-13-11(8)12)9-5-3-2-4-6-9/h2-6H,7H2,1H3. The van der Waals surface area contributed by atoms with Gasteiger partial charge < -0.3 is 4.74 Å². The van der Waals surface area contributed by atoms with E-state index in [0.717, 1.165) is 16.7 Å². The maximum absolute atomic E-state index is 11.1. The lowest BCUT2D eigenvalue weighted by Gasteiger charge is -1.99. The molecule has 0 unspecified atom stereocenters. The molecule has 0 radical (unpaired) electrons. The van der Waals surface area contributed by atoms with Gasteiger partial charge in [-0.15, -0.1) is 0 Å². The van der Waals surface area contributed by atoms with Crippen molar-refractivity contribution in [2.24, 2.45) is 0 Å². The molecule has 0 spiro atoms. The Labute approximate surface area is 76.8 Å². The molecule has 0 amide bonds. The summed E-state index contributed by atoms with van der Waals surface area (Å²) in [6, 6.07) is 9.84. The van der Waals surface area contributed by atoms with Gasteiger partial charge in [0.1, 0.15) is 6.61 Å². The molecular weight excluding hydrogens is 164 g/mol. The normalized spacial score (nSPS) is 16.2. The van der Waals surface area contributed by atoms with Gasteiger partial charge in [0.25, 0.3) is 0 Å². The molecule has 0 atom stereocenters. The predicted molar refractivity (Wildman–Crippen MR) is 50.0 cm³/mol. The number of hydrogen-bond acceptors (Lipinski definition) is 2. The second-order valence-electron chi connectivity index (χ2n) is 3.05. The number of carbonyl (C=O) groups is 1. The zero-order valence-corrected chi connectivity index (χ0v) is 7.41. The van der Waals surface area contributed by atoms with Gasteiger partial charge in [-0.3, -0.25) is 0 Å². The summed E-state index contributed by atoms with van der Waals surface area (Å²) in [6.45, 7) is 2.21. The first-order valence-electron chi connectivity index (χ1n) is 4.21. The first-order valence-corrected chi connectivity index (χ1v) is 4.21. The monoisotopic (exact) mass is 174 g/mol. The lowest BCUT2D eigenvalue weighted by molar-refractivity contribution is -0.135. The summed E-state index contributed by atoms with van der Waals surface area (Å²) in [5, 5.41) is 0. The van der Waals surface area contributed by atoms with E-state index in [4.69, 9.17) is 4.74 Å². The van der Waals surface area contributed by atoms with Crippen molar-refractivity contribution in [3.05, 3.63) is 41.5 Å². The Morgan fingerprint density at radius 1 is 1.23 bits per heavy atom. The first-order chi connectivity index (χ1) is 6.29. The molecule has 2 nitrogen and oxygen atoms in total. The van der Waals surface area contributed by atoms with Crippen LogP contribution in [0.2, 0.25) is 0 Å². The van der Waals surface area contributed by atoms with Gasteiger partial charge in [-0.25, -0.2) is 4.79 Å². The van der Waals surface area contributed by atoms with Crippen LogP contribution in [0.15, 0.2) is 35.9 Å². The fourth-order valence-corrected chi connectivity index (χ4v) is 1.42. The highest BCUT2D eigenvalue weighted by Gasteiger charge is 2.21. The third kappa shape index (κ3) is 1.35. The molecule has 0 N–H and O–H groups in total. The van der Waals surface area contributed by atoms with Crippen LogP contribution < -0.4 is 0 Å². The maximum atomic E-state index is 11.1. The van der Waals surface area contributed by atoms with E-state index < -0.39 is 0 Å². The molecule has 13 heavy (non-hydrogen) atoms. The Morgan fingerprint density at radius 2 is 1.92 bits per heavy atom. The summed E-state index contributed by atoms with van der Waals surface area (Å²) in [5.41, 5.74) is 2.81. The molecule has 2 heteroatoms. The van der Waals surface area contributed by atoms with Gasteiger partial charge in [-0.2, -0.15) is 0 Å². The Bertz CT molecular complexity index is 363. The average Bonchev–Trinajstić information content (AvgIpc) is 2.49. The second kappa shape index (κ2) is 3.05. The Morgan fingerprint density at radius 3 is 2.46 bits per heavy atom. The third-order valence-electron chi connectivity index (χ3n) is 2.23. The molecule has 0 aliphatic carbocycles. The van der Waals surface area contributed by atoms with Crippen molar-refractivity contribution in [1.82, 2.24) is 0 Å². The summed E-state index contributed by atoms with van der Waals surface area (Å²) in [5.74, 6) is -0.196. The van der Waals surface area contributed by atoms with Gasteiger partial charge in [0.2, 0.25) is 0 Å². The number of benzene rings is 1. The fraction of sp³-hybridized carbons (Fsp3) is 0.182. The smallest absolute Gasteiger partial charge is 0.334 e. The highest BCUT2D eigenvalue weighted by molar-refractivity contribution is 6.01. The summed E-state index contributed by atoms with van der Waals surface area (Å²) in [6.07, 6.45) is 0. The van der Waals surface area contributed by atoms with Crippen molar-refractivity contribution < 1.29 is 9.53 Å². The number of carbonyl (C=O) groups excluding carboxylic acids is 1. The van der Waals surface area contributed by atoms with Crippen molar-refractivity contribution in [2.45, 2.75) is 6.92 Å². The molecule has 1 aromatic rings. The summed E-state index contributed by atoms with van der Waals surface area (Å²) < 4.78 is 4.92. The molecule has 66 valence electrons. The SMILES string of the molecule is CC1=C(c2ccccc2)COC1=O. The molecule has 2 rings (SSSR count). The minimum atomic E-state index is -0.196. The van der Waals surface area contributed by atoms with E-state index in [1.165, 1.54) is 0 Å². The highest BCUT2D eigenvalue weighted by atomic mass is 16.5. The summed E-state index contributed by atoms with van der Waals surface area (Å²) >= 11 is 0. The predicted octanol–water partition coefficient (Wildman–Crippen LogP) is 2.02. The largest absolute Gasteiger partial charge is 0.457 e. The van der Waals surface area contributed by atoms with Crippen LogP contribution in [-0.2, 0) is 9.53 Å². The van der Waals surface area contributed by atoms with Crippen molar-refractivity contribution in [3.63, 3.8) is 0 Å². The van der Waals surface area contributed by atoms with Crippen LogP contribution in [0.25, 0.3) is 5.57 Å². The molecule has 0 saturated heterocycles.